The van der Waals surface area contributed by atoms with Crippen LogP contribution in [0.25, 0.3) is 0 Å². The van der Waals surface area contributed by atoms with Gasteiger partial charge in [0, 0.05) is 25.7 Å². The lowest BCUT2D eigenvalue weighted by molar-refractivity contribution is 0.0537. The van der Waals surface area contributed by atoms with E-state index >= 15 is 0 Å². The first-order valence-corrected chi connectivity index (χ1v) is 7.79. The first-order chi connectivity index (χ1) is 8.83. The van der Waals surface area contributed by atoms with Gasteiger partial charge in [0.25, 0.3) is 0 Å². The Morgan fingerprint density at radius 2 is 1.94 bits per heavy atom. The lowest BCUT2D eigenvalue weighted by atomic mass is 9.88. The molecule has 0 amide bonds. The highest BCUT2D eigenvalue weighted by Gasteiger charge is 2.29. The van der Waals surface area contributed by atoms with E-state index in [-0.39, 0.29) is 0 Å². The van der Waals surface area contributed by atoms with Gasteiger partial charge in [0.1, 0.15) is 0 Å². The molecular formula is C15H30N2O. The van der Waals surface area contributed by atoms with E-state index < -0.39 is 0 Å². The molecule has 1 aliphatic carbocycles. The zero-order valence-corrected chi connectivity index (χ0v) is 12.2. The summed E-state index contributed by atoms with van der Waals surface area (Å²) in [7, 11) is 1.83. The van der Waals surface area contributed by atoms with Crippen molar-refractivity contribution in [3.05, 3.63) is 0 Å². The number of nitrogens with zero attached hydrogens (tertiary/aromatic N) is 1. The van der Waals surface area contributed by atoms with Crippen LogP contribution in [0.15, 0.2) is 0 Å². The minimum atomic E-state index is 0.773. The van der Waals surface area contributed by atoms with Gasteiger partial charge < -0.3 is 15.0 Å². The summed E-state index contributed by atoms with van der Waals surface area (Å²) in [6.45, 7) is 6.87. The molecule has 1 saturated heterocycles. The highest BCUT2D eigenvalue weighted by molar-refractivity contribution is 4.85. The van der Waals surface area contributed by atoms with Gasteiger partial charge in [-0.25, -0.2) is 0 Å². The molecule has 0 aromatic heterocycles. The number of hydrogen-bond donors (Lipinski definition) is 1. The number of hydrogen-bond acceptors (Lipinski definition) is 3. The summed E-state index contributed by atoms with van der Waals surface area (Å²) in [6, 6.07) is 1.63. The fourth-order valence-electron chi connectivity index (χ4n) is 3.73. The van der Waals surface area contributed by atoms with E-state index in [1.807, 2.05) is 7.11 Å². The molecule has 1 unspecified atom stereocenters. The van der Waals surface area contributed by atoms with E-state index in [1.54, 1.807) is 0 Å². The standard InChI is InChI=1S/C15H30N2O/c1-3-16-14-6-8-15(9-7-14)17-10-4-5-13(11-17)12-18-2/h13-16H,3-12H2,1-2H3. The van der Waals surface area contributed by atoms with Crippen molar-refractivity contribution in [2.24, 2.45) is 5.92 Å². The molecule has 0 aromatic carbocycles. The number of rotatable bonds is 5. The van der Waals surface area contributed by atoms with Crippen molar-refractivity contribution in [2.45, 2.75) is 57.5 Å². The smallest absolute Gasteiger partial charge is 0.0502 e. The third-order valence-electron chi connectivity index (χ3n) is 4.66. The molecule has 0 radical (unpaired) electrons. The van der Waals surface area contributed by atoms with E-state index in [0.717, 1.165) is 31.2 Å². The van der Waals surface area contributed by atoms with Crippen molar-refractivity contribution in [3.8, 4) is 0 Å². The average Bonchev–Trinajstić information content (AvgIpc) is 2.41. The van der Waals surface area contributed by atoms with Crippen LogP contribution in [0.1, 0.15) is 45.4 Å². The van der Waals surface area contributed by atoms with Gasteiger partial charge in [0.2, 0.25) is 0 Å². The second kappa shape index (κ2) is 7.46. The van der Waals surface area contributed by atoms with Crippen LogP contribution >= 0.6 is 0 Å². The fourth-order valence-corrected chi connectivity index (χ4v) is 3.73. The first kappa shape index (κ1) is 14.3. The van der Waals surface area contributed by atoms with Gasteiger partial charge in [-0.3, -0.25) is 0 Å². The highest BCUT2D eigenvalue weighted by Crippen LogP contribution is 2.27. The van der Waals surface area contributed by atoms with Crippen molar-refractivity contribution in [1.29, 1.82) is 0 Å². The lowest BCUT2D eigenvalue weighted by Gasteiger charge is -2.41. The molecular weight excluding hydrogens is 224 g/mol. The molecule has 2 fully saturated rings. The maximum atomic E-state index is 5.33. The Bertz CT molecular complexity index is 225. The Balaban J connectivity index is 1.75. The minimum Gasteiger partial charge on any atom is -0.384 e. The van der Waals surface area contributed by atoms with Crippen molar-refractivity contribution < 1.29 is 4.74 Å². The van der Waals surface area contributed by atoms with Crippen LogP contribution in [0.4, 0.5) is 0 Å². The molecule has 106 valence electrons. The summed E-state index contributed by atoms with van der Waals surface area (Å²) in [5.41, 5.74) is 0. The Hall–Kier alpha value is -0.120. The zero-order valence-electron chi connectivity index (χ0n) is 12.2. The monoisotopic (exact) mass is 254 g/mol. The fraction of sp³-hybridized carbons (Fsp3) is 1.00. The van der Waals surface area contributed by atoms with Crippen molar-refractivity contribution in [1.82, 2.24) is 10.2 Å². The molecule has 1 heterocycles. The van der Waals surface area contributed by atoms with Crippen molar-refractivity contribution in [2.75, 3.05) is 33.4 Å². The summed E-state index contributed by atoms with van der Waals surface area (Å²) in [6.07, 6.45) is 8.22. The molecule has 2 aliphatic rings. The Kier molecular flexibility index (Phi) is 5.93. The van der Waals surface area contributed by atoms with Gasteiger partial charge >= 0.3 is 0 Å². The van der Waals surface area contributed by atoms with E-state index in [9.17, 15) is 0 Å². The predicted molar refractivity (Wildman–Crippen MR) is 75.9 cm³/mol. The number of piperidine rings is 1. The van der Waals surface area contributed by atoms with E-state index in [2.05, 4.69) is 17.1 Å². The van der Waals surface area contributed by atoms with Crippen molar-refractivity contribution >= 4 is 0 Å². The van der Waals surface area contributed by atoms with Gasteiger partial charge in [-0.15, -0.1) is 0 Å². The van der Waals surface area contributed by atoms with Gasteiger partial charge in [0.15, 0.2) is 0 Å². The summed E-state index contributed by atoms with van der Waals surface area (Å²) in [5.74, 6) is 0.773. The number of likely N-dealkylation sites (tertiary alicyclic amines) is 1. The maximum Gasteiger partial charge on any atom is 0.0502 e. The molecule has 18 heavy (non-hydrogen) atoms. The van der Waals surface area contributed by atoms with E-state index in [1.165, 1.54) is 51.6 Å². The van der Waals surface area contributed by atoms with Gasteiger partial charge in [-0.1, -0.05) is 6.92 Å². The van der Waals surface area contributed by atoms with Crippen LogP contribution in [0.5, 0.6) is 0 Å². The van der Waals surface area contributed by atoms with Crippen LogP contribution in [0, 0.1) is 5.92 Å². The first-order valence-electron chi connectivity index (χ1n) is 7.79. The van der Waals surface area contributed by atoms with Crippen LogP contribution in [0.3, 0.4) is 0 Å². The average molecular weight is 254 g/mol. The third kappa shape index (κ3) is 3.94. The molecule has 2 rings (SSSR count). The normalized spacial score (nSPS) is 34.7. The Morgan fingerprint density at radius 1 is 1.17 bits per heavy atom. The van der Waals surface area contributed by atoms with Gasteiger partial charge in [-0.05, 0) is 57.5 Å². The third-order valence-corrected chi connectivity index (χ3v) is 4.66. The van der Waals surface area contributed by atoms with Crippen LogP contribution in [-0.4, -0.2) is 50.3 Å². The zero-order chi connectivity index (χ0) is 12.8. The molecule has 0 bridgehead atoms. The van der Waals surface area contributed by atoms with Crippen LogP contribution < -0.4 is 5.32 Å². The number of methoxy groups -OCH3 is 1. The van der Waals surface area contributed by atoms with E-state index in [4.69, 9.17) is 4.74 Å². The Morgan fingerprint density at radius 3 is 2.61 bits per heavy atom. The topological polar surface area (TPSA) is 24.5 Å². The van der Waals surface area contributed by atoms with Gasteiger partial charge in [0.05, 0.1) is 6.61 Å². The predicted octanol–water partition coefficient (Wildman–Crippen LogP) is 2.27. The molecule has 1 aliphatic heterocycles. The SMILES string of the molecule is CCNC1CCC(N2CCCC(COC)C2)CC1. The largest absolute Gasteiger partial charge is 0.384 e. The summed E-state index contributed by atoms with van der Waals surface area (Å²) in [4.78, 5) is 2.75. The molecule has 0 spiro atoms. The lowest BCUT2D eigenvalue weighted by Crippen LogP contribution is -2.47. The summed E-state index contributed by atoms with van der Waals surface area (Å²) < 4.78 is 5.33. The van der Waals surface area contributed by atoms with Gasteiger partial charge in [-0.2, -0.15) is 0 Å². The van der Waals surface area contributed by atoms with Crippen molar-refractivity contribution in [3.63, 3.8) is 0 Å². The molecule has 1 N–H and O–H groups in total. The van der Waals surface area contributed by atoms with Crippen LogP contribution in [-0.2, 0) is 4.74 Å². The minimum absolute atomic E-state index is 0.773. The maximum absolute atomic E-state index is 5.33. The highest BCUT2D eigenvalue weighted by atomic mass is 16.5. The molecule has 0 aromatic rings. The second-order valence-corrected chi connectivity index (χ2v) is 6.02. The quantitative estimate of drug-likeness (QED) is 0.814. The number of ether oxygens (including phenoxy) is 1. The molecule has 1 saturated carbocycles. The summed E-state index contributed by atoms with van der Waals surface area (Å²) >= 11 is 0. The van der Waals surface area contributed by atoms with Crippen LogP contribution in [0.2, 0.25) is 0 Å². The molecule has 3 nitrogen and oxygen atoms in total. The number of nitrogens with one attached hydrogen (secondary N) is 1. The molecule has 1 atom stereocenters. The second-order valence-electron chi connectivity index (χ2n) is 6.02. The summed E-state index contributed by atoms with van der Waals surface area (Å²) in [5, 5.41) is 3.60. The Labute approximate surface area is 112 Å². The van der Waals surface area contributed by atoms with E-state index in [0.29, 0.717) is 0 Å². The molecule has 3 heteroatoms.